The van der Waals surface area contributed by atoms with Crippen LogP contribution in [0.1, 0.15) is 5.56 Å². The lowest BCUT2D eigenvalue weighted by molar-refractivity contribution is 1.01. The van der Waals surface area contributed by atoms with Crippen molar-refractivity contribution < 1.29 is 0 Å². The molecule has 0 aliphatic heterocycles. The zero-order valence-electron chi connectivity index (χ0n) is 12.5. The molecule has 0 radical (unpaired) electrons. The summed E-state index contributed by atoms with van der Waals surface area (Å²) in [4.78, 5) is 11.0. The van der Waals surface area contributed by atoms with Gasteiger partial charge >= 0.3 is 0 Å². The smallest absolute Gasteiger partial charge is 0.132 e. The van der Waals surface area contributed by atoms with E-state index in [2.05, 4.69) is 21.4 Å². The summed E-state index contributed by atoms with van der Waals surface area (Å²) >= 11 is 5.99. The normalized spacial score (nSPS) is 10.7. The van der Waals surface area contributed by atoms with Gasteiger partial charge in [-0.1, -0.05) is 17.7 Å². The minimum Gasteiger partial charge on any atom is -0.366 e. The molecule has 0 unspecified atom stereocenters. The molecular formula is C17H17ClN4. The summed E-state index contributed by atoms with van der Waals surface area (Å²) in [6, 6.07) is 13.7. The van der Waals surface area contributed by atoms with Gasteiger partial charge < -0.3 is 10.2 Å². The molecule has 22 heavy (non-hydrogen) atoms. The van der Waals surface area contributed by atoms with E-state index in [1.807, 2.05) is 55.4 Å². The molecule has 3 aromatic rings. The van der Waals surface area contributed by atoms with Crippen molar-refractivity contribution in [3.63, 3.8) is 0 Å². The molecule has 0 aliphatic carbocycles. The van der Waals surface area contributed by atoms with Gasteiger partial charge in [-0.2, -0.15) is 0 Å². The first-order valence-corrected chi connectivity index (χ1v) is 7.43. The van der Waals surface area contributed by atoms with Crippen LogP contribution in [0.5, 0.6) is 0 Å². The lowest BCUT2D eigenvalue weighted by atomic mass is 10.2. The van der Waals surface area contributed by atoms with E-state index in [1.54, 1.807) is 6.20 Å². The monoisotopic (exact) mass is 312 g/mol. The van der Waals surface area contributed by atoms with Crippen LogP contribution in [0.25, 0.3) is 10.9 Å². The highest BCUT2D eigenvalue weighted by molar-refractivity contribution is 6.31. The van der Waals surface area contributed by atoms with Crippen molar-refractivity contribution in [2.75, 3.05) is 24.3 Å². The van der Waals surface area contributed by atoms with Crippen molar-refractivity contribution in [3.05, 3.63) is 59.2 Å². The summed E-state index contributed by atoms with van der Waals surface area (Å²) in [6.07, 6.45) is 1.80. The van der Waals surface area contributed by atoms with Crippen LogP contribution in [0.15, 0.2) is 48.7 Å². The number of nitrogens with one attached hydrogen (secondary N) is 1. The zero-order valence-corrected chi connectivity index (χ0v) is 13.3. The molecule has 1 aromatic carbocycles. The van der Waals surface area contributed by atoms with E-state index in [1.165, 1.54) is 0 Å². The first-order valence-electron chi connectivity index (χ1n) is 7.05. The Kier molecular flexibility index (Phi) is 4.11. The Morgan fingerprint density at radius 3 is 2.82 bits per heavy atom. The molecule has 0 saturated heterocycles. The lowest BCUT2D eigenvalue weighted by Crippen LogP contribution is -2.14. The highest BCUT2D eigenvalue weighted by Crippen LogP contribution is 2.21. The number of nitrogens with zero attached hydrogens (tertiary/aromatic N) is 3. The topological polar surface area (TPSA) is 41.1 Å². The minimum absolute atomic E-state index is 0.674. The van der Waals surface area contributed by atoms with Crippen LogP contribution in [-0.2, 0) is 6.54 Å². The van der Waals surface area contributed by atoms with Crippen molar-refractivity contribution in [1.29, 1.82) is 0 Å². The highest BCUT2D eigenvalue weighted by atomic mass is 35.5. The first-order chi connectivity index (χ1) is 10.6. The first kappa shape index (κ1) is 14.6. The molecule has 0 bridgehead atoms. The van der Waals surface area contributed by atoms with Gasteiger partial charge in [0.2, 0.25) is 0 Å². The van der Waals surface area contributed by atoms with Crippen molar-refractivity contribution in [1.82, 2.24) is 9.97 Å². The molecule has 4 nitrogen and oxygen atoms in total. The second-order valence-corrected chi connectivity index (χ2v) is 5.70. The van der Waals surface area contributed by atoms with Gasteiger partial charge in [-0.25, -0.2) is 9.97 Å². The van der Waals surface area contributed by atoms with Gasteiger partial charge in [0.1, 0.15) is 11.6 Å². The zero-order chi connectivity index (χ0) is 15.5. The van der Waals surface area contributed by atoms with Crippen LogP contribution in [0.3, 0.4) is 0 Å². The average molecular weight is 313 g/mol. The molecule has 0 spiro atoms. The highest BCUT2D eigenvalue weighted by Gasteiger charge is 2.06. The maximum Gasteiger partial charge on any atom is 0.132 e. The number of benzene rings is 1. The third-order valence-corrected chi connectivity index (χ3v) is 3.64. The van der Waals surface area contributed by atoms with Gasteiger partial charge in [0.05, 0.1) is 5.52 Å². The van der Waals surface area contributed by atoms with Crippen LogP contribution in [-0.4, -0.2) is 24.1 Å². The third-order valence-electron chi connectivity index (χ3n) is 3.40. The number of rotatable bonds is 4. The number of hydrogen-bond acceptors (Lipinski definition) is 4. The second-order valence-electron chi connectivity index (χ2n) is 5.27. The number of pyridine rings is 2. The Morgan fingerprint density at radius 2 is 2.00 bits per heavy atom. The molecule has 2 heterocycles. The van der Waals surface area contributed by atoms with Gasteiger partial charge in [0.25, 0.3) is 0 Å². The fourth-order valence-electron chi connectivity index (χ4n) is 2.35. The maximum atomic E-state index is 5.99. The fourth-order valence-corrected chi connectivity index (χ4v) is 2.53. The van der Waals surface area contributed by atoms with Crippen molar-refractivity contribution >= 4 is 34.1 Å². The summed E-state index contributed by atoms with van der Waals surface area (Å²) < 4.78 is 0. The Morgan fingerprint density at radius 1 is 1.14 bits per heavy atom. The largest absolute Gasteiger partial charge is 0.366 e. The van der Waals surface area contributed by atoms with Crippen LogP contribution >= 0.6 is 11.6 Å². The van der Waals surface area contributed by atoms with Crippen molar-refractivity contribution in [2.24, 2.45) is 0 Å². The Balaban J connectivity index is 1.81. The van der Waals surface area contributed by atoms with E-state index in [0.717, 1.165) is 33.1 Å². The SMILES string of the molecule is CN(C)c1ncccc1CNc1ccc2cc(Cl)ccc2n1. The molecule has 0 atom stereocenters. The average Bonchev–Trinajstić information content (AvgIpc) is 2.53. The molecular weight excluding hydrogens is 296 g/mol. The Labute approximate surface area is 134 Å². The number of hydrogen-bond donors (Lipinski definition) is 1. The standard InChI is InChI=1S/C17H17ClN4/c1-22(2)17-13(4-3-9-19-17)11-20-16-8-5-12-10-14(18)6-7-15(12)21-16/h3-10H,11H2,1-2H3,(H,20,21). The number of halogens is 1. The van der Waals surface area contributed by atoms with Gasteiger partial charge in [-0.3, -0.25) is 0 Å². The maximum absolute atomic E-state index is 5.99. The van der Waals surface area contributed by atoms with Gasteiger partial charge in [-0.05, 0) is 36.4 Å². The molecule has 5 heteroatoms. The molecule has 0 saturated carbocycles. The van der Waals surface area contributed by atoms with E-state index in [9.17, 15) is 0 Å². The predicted octanol–water partition coefficient (Wildman–Crippen LogP) is 3.96. The minimum atomic E-state index is 0.674. The summed E-state index contributed by atoms with van der Waals surface area (Å²) in [5.41, 5.74) is 2.05. The number of anilines is 2. The summed E-state index contributed by atoms with van der Waals surface area (Å²) in [5.74, 6) is 1.80. The molecule has 2 aromatic heterocycles. The van der Waals surface area contributed by atoms with Gasteiger partial charge in [0, 0.05) is 42.8 Å². The van der Waals surface area contributed by atoms with Crippen LogP contribution in [0.2, 0.25) is 5.02 Å². The Bertz CT molecular complexity index is 802. The van der Waals surface area contributed by atoms with Crippen LogP contribution in [0.4, 0.5) is 11.6 Å². The summed E-state index contributed by atoms with van der Waals surface area (Å²) in [6.45, 7) is 0.674. The van der Waals surface area contributed by atoms with E-state index >= 15 is 0 Å². The lowest BCUT2D eigenvalue weighted by Gasteiger charge is -2.16. The third kappa shape index (κ3) is 3.12. The second kappa shape index (κ2) is 6.20. The summed E-state index contributed by atoms with van der Waals surface area (Å²) in [5, 5.41) is 5.11. The Hall–Kier alpha value is -2.33. The van der Waals surface area contributed by atoms with Crippen LogP contribution in [0, 0.1) is 0 Å². The summed E-state index contributed by atoms with van der Waals surface area (Å²) in [7, 11) is 3.98. The fraction of sp³-hybridized carbons (Fsp3) is 0.176. The van der Waals surface area contributed by atoms with E-state index < -0.39 is 0 Å². The molecule has 0 fully saturated rings. The number of aromatic nitrogens is 2. The molecule has 0 amide bonds. The van der Waals surface area contributed by atoms with E-state index in [0.29, 0.717) is 6.54 Å². The number of fused-ring (bicyclic) bond motifs is 1. The van der Waals surface area contributed by atoms with Crippen molar-refractivity contribution in [3.8, 4) is 0 Å². The molecule has 1 N–H and O–H groups in total. The van der Waals surface area contributed by atoms with Crippen molar-refractivity contribution in [2.45, 2.75) is 6.54 Å². The van der Waals surface area contributed by atoms with Gasteiger partial charge in [-0.15, -0.1) is 0 Å². The van der Waals surface area contributed by atoms with Crippen LogP contribution < -0.4 is 10.2 Å². The molecule has 3 rings (SSSR count). The quantitative estimate of drug-likeness (QED) is 0.791. The van der Waals surface area contributed by atoms with E-state index in [4.69, 9.17) is 11.6 Å². The molecule has 112 valence electrons. The molecule has 0 aliphatic rings. The van der Waals surface area contributed by atoms with Gasteiger partial charge in [0.15, 0.2) is 0 Å². The van der Waals surface area contributed by atoms with E-state index in [-0.39, 0.29) is 0 Å². The predicted molar refractivity (Wildman–Crippen MR) is 92.6 cm³/mol.